The number of carbonyl (C=O) groups excluding carboxylic acids is 3. The summed E-state index contributed by atoms with van der Waals surface area (Å²) in [6.07, 6.45) is -9.80. The highest BCUT2D eigenvalue weighted by molar-refractivity contribution is 5.88. The molecule has 2 aromatic rings. The maximum Gasteiger partial charge on any atom is 0.331 e. The van der Waals surface area contributed by atoms with Gasteiger partial charge in [-0.15, -0.1) is 0 Å². The first kappa shape index (κ1) is 40.0. The van der Waals surface area contributed by atoms with E-state index < -0.39 is 92.5 Å². The van der Waals surface area contributed by atoms with Crippen molar-refractivity contribution in [3.05, 3.63) is 59.7 Å². The molecule has 284 valence electrons. The maximum atomic E-state index is 13.0. The molecule has 18 nitrogen and oxygen atoms in total. The van der Waals surface area contributed by atoms with E-state index in [0.29, 0.717) is 11.1 Å². The van der Waals surface area contributed by atoms with Crippen molar-refractivity contribution in [2.24, 2.45) is 0 Å². The lowest BCUT2D eigenvalue weighted by Crippen LogP contribution is -2.63. The van der Waals surface area contributed by atoms with Crippen LogP contribution in [0.25, 0.3) is 12.2 Å². The van der Waals surface area contributed by atoms with E-state index in [1.165, 1.54) is 62.8 Å². The molecule has 2 aliphatic heterocycles. The van der Waals surface area contributed by atoms with Gasteiger partial charge in [-0.3, -0.25) is 4.79 Å². The Balaban J connectivity index is 1.50. The quantitative estimate of drug-likeness (QED) is 0.0706. The molecule has 9 atom stereocenters. The smallest absolute Gasteiger partial charge is 0.331 e. The van der Waals surface area contributed by atoms with Crippen molar-refractivity contribution in [1.29, 1.82) is 0 Å². The van der Waals surface area contributed by atoms with Gasteiger partial charge in [0.1, 0.15) is 56.4 Å². The Morgan fingerprint density at radius 3 is 1.87 bits per heavy atom. The minimum absolute atomic E-state index is 0.114. The Morgan fingerprint density at radius 2 is 1.33 bits per heavy atom. The number of esters is 3. The van der Waals surface area contributed by atoms with Crippen molar-refractivity contribution in [1.82, 2.24) is 0 Å². The molecule has 0 bridgehead atoms. The molecule has 52 heavy (non-hydrogen) atoms. The Bertz CT molecular complexity index is 1630. The summed E-state index contributed by atoms with van der Waals surface area (Å²) >= 11 is 0. The van der Waals surface area contributed by atoms with Crippen LogP contribution >= 0.6 is 0 Å². The molecule has 2 aromatic carbocycles. The maximum absolute atomic E-state index is 13.0. The van der Waals surface area contributed by atoms with E-state index in [4.69, 9.17) is 37.9 Å². The normalized spacial score (nSPS) is 28.8. The molecule has 4 rings (SSSR count). The van der Waals surface area contributed by atoms with Crippen LogP contribution in [0.3, 0.4) is 0 Å². The van der Waals surface area contributed by atoms with Crippen molar-refractivity contribution < 1.29 is 88.0 Å². The first-order valence-corrected chi connectivity index (χ1v) is 15.7. The van der Waals surface area contributed by atoms with Crippen molar-refractivity contribution in [2.75, 3.05) is 34.0 Å². The van der Waals surface area contributed by atoms with E-state index in [0.717, 1.165) is 19.1 Å². The van der Waals surface area contributed by atoms with E-state index in [1.807, 2.05) is 0 Å². The minimum Gasteiger partial charge on any atom is -0.504 e. The summed E-state index contributed by atoms with van der Waals surface area (Å²) in [7, 11) is 2.68. The standard InChI is InChI=1S/C34H40O18/c1-17(36)47-15-25-29(42)32(50-27(40)11-7-19-5-9-21(38)23(13-19)46-3)34(16-35,51-25)52-33-31(44)30(43)28(41)24(49-33)14-48-26(39)10-6-18-4-8-20(37)22(12-18)45-2/h4-13,24-25,28-33,35,37-38,41-44H,14-16H2,1-3H3/t24-,25+,28+,29+,30-,31+,32-,33+,34-/m0/s1. The highest BCUT2D eigenvalue weighted by atomic mass is 16.8. The van der Waals surface area contributed by atoms with Crippen molar-refractivity contribution in [3.8, 4) is 23.0 Å². The number of phenols is 2. The van der Waals surface area contributed by atoms with Crippen LogP contribution in [0.15, 0.2) is 48.6 Å². The summed E-state index contributed by atoms with van der Waals surface area (Å²) in [4.78, 5) is 36.9. The number of benzene rings is 2. The molecule has 0 spiro atoms. The zero-order valence-electron chi connectivity index (χ0n) is 28.1. The first-order valence-electron chi connectivity index (χ1n) is 15.7. The number of methoxy groups -OCH3 is 2. The number of rotatable bonds is 14. The monoisotopic (exact) mass is 736 g/mol. The molecule has 2 fully saturated rings. The molecule has 0 saturated carbocycles. The van der Waals surface area contributed by atoms with Gasteiger partial charge >= 0.3 is 17.9 Å². The average molecular weight is 737 g/mol. The number of aliphatic hydroxyl groups is 5. The van der Waals surface area contributed by atoms with Gasteiger partial charge in [0, 0.05) is 19.1 Å². The van der Waals surface area contributed by atoms with Crippen molar-refractivity contribution >= 4 is 30.1 Å². The Hall–Kier alpha value is -4.79. The molecule has 2 heterocycles. The number of ether oxygens (including phenoxy) is 8. The van der Waals surface area contributed by atoms with Crippen molar-refractivity contribution in [3.63, 3.8) is 0 Å². The molecule has 2 aliphatic rings. The van der Waals surface area contributed by atoms with Gasteiger partial charge in [-0.1, -0.05) is 12.1 Å². The summed E-state index contributed by atoms with van der Waals surface area (Å²) in [5.74, 6) is -5.24. The number of phenolic OH excluding ortho intramolecular Hbond substituents is 2. The lowest BCUT2D eigenvalue weighted by molar-refractivity contribution is -0.383. The average Bonchev–Trinajstić information content (AvgIpc) is 3.38. The predicted octanol–water partition coefficient (Wildman–Crippen LogP) is -0.868. The number of carbonyl (C=O) groups is 3. The third-order valence-electron chi connectivity index (χ3n) is 8.00. The molecule has 2 saturated heterocycles. The number of aliphatic hydroxyl groups excluding tert-OH is 5. The summed E-state index contributed by atoms with van der Waals surface area (Å²) in [6, 6.07) is 8.51. The molecular formula is C34H40O18. The van der Waals surface area contributed by atoms with Gasteiger partial charge in [-0.25, -0.2) is 9.59 Å². The van der Waals surface area contributed by atoms with Crippen LogP contribution in [0.5, 0.6) is 23.0 Å². The number of aromatic hydroxyl groups is 2. The molecular weight excluding hydrogens is 696 g/mol. The lowest BCUT2D eigenvalue weighted by atomic mass is 9.98. The number of hydrogen-bond acceptors (Lipinski definition) is 18. The van der Waals surface area contributed by atoms with Crippen LogP contribution in [0.4, 0.5) is 0 Å². The fourth-order valence-corrected chi connectivity index (χ4v) is 5.25. The zero-order chi connectivity index (χ0) is 38.2. The highest BCUT2D eigenvalue weighted by Gasteiger charge is 2.61. The third-order valence-corrected chi connectivity index (χ3v) is 8.00. The highest BCUT2D eigenvalue weighted by Crippen LogP contribution is 2.38. The second-order valence-corrected chi connectivity index (χ2v) is 11.6. The van der Waals surface area contributed by atoms with Gasteiger partial charge in [0.2, 0.25) is 5.79 Å². The van der Waals surface area contributed by atoms with E-state index in [9.17, 15) is 50.1 Å². The summed E-state index contributed by atoms with van der Waals surface area (Å²) < 4.78 is 42.7. The zero-order valence-corrected chi connectivity index (χ0v) is 28.1. The molecule has 0 unspecified atom stereocenters. The molecule has 7 N–H and O–H groups in total. The van der Waals surface area contributed by atoms with Crippen molar-refractivity contribution in [2.45, 2.75) is 61.7 Å². The van der Waals surface area contributed by atoms with Gasteiger partial charge in [0.15, 0.2) is 35.4 Å². The topological polar surface area (TPSA) is 267 Å². The van der Waals surface area contributed by atoms with Gasteiger partial charge in [-0.05, 0) is 47.5 Å². The Labute approximate surface area is 296 Å². The van der Waals surface area contributed by atoms with Gasteiger partial charge in [0.25, 0.3) is 0 Å². The van der Waals surface area contributed by atoms with Gasteiger partial charge in [-0.2, -0.15) is 0 Å². The molecule has 0 aliphatic carbocycles. The van der Waals surface area contributed by atoms with Crippen LogP contribution in [0.2, 0.25) is 0 Å². The van der Waals surface area contributed by atoms with E-state index in [-0.39, 0.29) is 23.0 Å². The minimum atomic E-state index is -2.52. The van der Waals surface area contributed by atoms with Crippen LogP contribution in [0.1, 0.15) is 18.1 Å². The van der Waals surface area contributed by atoms with Crippen LogP contribution in [-0.4, -0.2) is 142 Å². The lowest BCUT2D eigenvalue weighted by Gasteiger charge is -2.43. The Kier molecular flexibility index (Phi) is 13.6. The molecule has 0 radical (unpaired) electrons. The third kappa shape index (κ3) is 9.55. The van der Waals surface area contributed by atoms with Crippen LogP contribution in [0, 0.1) is 0 Å². The van der Waals surface area contributed by atoms with E-state index in [2.05, 4.69) is 0 Å². The fraction of sp³-hybridized carbons (Fsp3) is 0.441. The molecule has 18 heteroatoms. The second-order valence-electron chi connectivity index (χ2n) is 11.6. The summed E-state index contributed by atoms with van der Waals surface area (Å²) in [5, 5.41) is 73.1. The molecule has 0 amide bonds. The summed E-state index contributed by atoms with van der Waals surface area (Å²) in [6.45, 7) is -1.33. The first-order chi connectivity index (χ1) is 24.7. The SMILES string of the molecule is COc1cc(C=CC(=O)OC[C@@H]2O[C@H](O[C@]3(CO)O[C@H](COC(C)=O)[C@@H](O)[C@@H]3OC(=O)C=Cc3ccc(O)c(OC)c3)[C@H](O)[C@@H](O)[C@@H]2O)ccc1O. The molecule has 0 aromatic heterocycles. The van der Waals surface area contributed by atoms with Crippen LogP contribution in [-0.2, 0) is 42.8 Å². The fourth-order valence-electron chi connectivity index (χ4n) is 5.25. The largest absolute Gasteiger partial charge is 0.504 e. The number of hydrogen-bond donors (Lipinski definition) is 7. The van der Waals surface area contributed by atoms with E-state index in [1.54, 1.807) is 0 Å². The van der Waals surface area contributed by atoms with Crippen LogP contribution < -0.4 is 9.47 Å². The predicted molar refractivity (Wildman–Crippen MR) is 173 cm³/mol. The second kappa shape index (κ2) is 17.6. The summed E-state index contributed by atoms with van der Waals surface area (Å²) in [5.41, 5.74) is 0.875. The van der Waals surface area contributed by atoms with Gasteiger partial charge < -0.3 is 73.6 Å². The van der Waals surface area contributed by atoms with Gasteiger partial charge in [0.05, 0.1) is 14.2 Å². The Morgan fingerprint density at radius 1 is 0.769 bits per heavy atom. The van der Waals surface area contributed by atoms with E-state index >= 15 is 0 Å².